The van der Waals surface area contributed by atoms with Crippen LogP contribution in [0.5, 0.6) is 0 Å². The minimum atomic E-state index is -4.75. The number of rotatable bonds is 2. The fourth-order valence-electron chi connectivity index (χ4n) is 2.33. The average Bonchev–Trinajstić information content (AvgIpc) is 2.25. The summed E-state index contributed by atoms with van der Waals surface area (Å²) in [6.07, 6.45) is -0.154. The highest BCUT2D eigenvalue weighted by atomic mass is 32.2. The lowest BCUT2D eigenvalue weighted by atomic mass is 9.80. The SMILES string of the molecule is N=C1Cc2ccccc2C(C(N)=O)(S(=O)(=O)O)C1. The molecule has 1 amide bonds. The number of nitrogens with one attached hydrogen (secondary N) is 1. The summed E-state index contributed by atoms with van der Waals surface area (Å²) < 4.78 is 30.4. The van der Waals surface area contributed by atoms with Crippen LogP contribution in [0.15, 0.2) is 24.3 Å². The van der Waals surface area contributed by atoms with Gasteiger partial charge in [-0.25, -0.2) is 0 Å². The van der Waals surface area contributed by atoms with Crippen molar-refractivity contribution in [3.8, 4) is 0 Å². The molecule has 1 aliphatic carbocycles. The van der Waals surface area contributed by atoms with Crippen LogP contribution in [-0.4, -0.2) is 24.6 Å². The van der Waals surface area contributed by atoms with Crippen LogP contribution >= 0.6 is 0 Å². The molecule has 0 fully saturated rings. The summed E-state index contributed by atoms with van der Waals surface area (Å²) >= 11 is 0. The van der Waals surface area contributed by atoms with E-state index in [1.54, 1.807) is 18.2 Å². The van der Waals surface area contributed by atoms with Gasteiger partial charge in [-0.1, -0.05) is 24.3 Å². The molecule has 4 N–H and O–H groups in total. The molecule has 1 aromatic carbocycles. The van der Waals surface area contributed by atoms with Crippen LogP contribution in [0, 0.1) is 5.41 Å². The Kier molecular flexibility index (Phi) is 2.75. The number of hydrogen-bond acceptors (Lipinski definition) is 4. The lowest BCUT2D eigenvalue weighted by molar-refractivity contribution is -0.120. The molecule has 0 saturated carbocycles. The summed E-state index contributed by atoms with van der Waals surface area (Å²) in [4.78, 5) is 11.6. The fourth-order valence-corrected chi connectivity index (χ4v) is 3.42. The van der Waals surface area contributed by atoms with E-state index in [2.05, 4.69) is 0 Å². The van der Waals surface area contributed by atoms with Crippen molar-refractivity contribution in [1.29, 1.82) is 5.41 Å². The van der Waals surface area contributed by atoms with E-state index in [1.165, 1.54) is 6.07 Å². The van der Waals surface area contributed by atoms with Gasteiger partial charge >= 0.3 is 0 Å². The van der Waals surface area contributed by atoms with Gasteiger partial charge in [-0.2, -0.15) is 8.42 Å². The molecule has 0 saturated heterocycles. The van der Waals surface area contributed by atoms with Gasteiger partial charge in [0.2, 0.25) is 10.7 Å². The second-order valence-corrected chi connectivity index (χ2v) is 5.93. The third kappa shape index (κ3) is 1.63. The van der Waals surface area contributed by atoms with Crippen molar-refractivity contribution < 1.29 is 17.8 Å². The molecule has 0 aliphatic heterocycles. The van der Waals surface area contributed by atoms with Gasteiger partial charge in [0.05, 0.1) is 0 Å². The van der Waals surface area contributed by atoms with Gasteiger partial charge in [-0.05, 0) is 11.1 Å². The third-order valence-electron chi connectivity index (χ3n) is 3.16. The highest BCUT2D eigenvalue weighted by Gasteiger charge is 2.54. The first kappa shape index (κ1) is 12.7. The van der Waals surface area contributed by atoms with E-state index in [4.69, 9.17) is 11.1 Å². The number of primary amides is 1. The molecule has 0 bridgehead atoms. The zero-order valence-electron chi connectivity index (χ0n) is 9.38. The summed E-state index contributed by atoms with van der Waals surface area (Å²) in [7, 11) is -4.75. The maximum absolute atomic E-state index is 11.6. The predicted molar refractivity (Wildman–Crippen MR) is 64.9 cm³/mol. The number of fused-ring (bicyclic) bond motifs is 1. The van der Waals surface area contributed by atoms with E-state index in [0.29, 0.717) is 5.56 Å². The Morgan fingerprint density at radius 1 is 1.39 bits per heavy atom. The van der Waals surface area contributed by atoms with Crippen molar-refractivity contribution in [2.45, 2.75) is 17.6 Å². The number of carbonyl (C=O) groups excluding carboxylic acids is 1. The summed E-state index contributed by atoms with van der Waals surface area (Å²) in [6, 6.07) is 6.30. The highest BCUT2D eigenvalue weighted by Crippen LogP contribution is 2.39. The maximum Gasteiger partial charge on any atom is 0.284 e. The Labute approximate surface area is 104 Å². The molecule has 6 nitrogen and oxygen atoms in total. The monoisotopic (exact) mass is 268 g/mol. The summed E-state index contributed by atoms with van der Waals surface area (Å²) in [5.74, 6) is -1.16. The Balaban J connectivity index is 2.84. The van der Waals surface area contributed by atoms with E-state index in [1.807, 2.05) is 0 Å². The molecular formula is C11H12N2O4S. The summed E-state index contributed by atoms with van der Waals surface area (Å²) in [5.41, 5.74) is 5.92. The minimum Gasteiger partial charge on any atom is -0.368 e. The molecule has 1 aromatic rings. The largest absolute Gasteiger partial charge is 0.368 e. The quantitative estimate of drug-likeness (QED) is 0.664. The standard InChI is InChI=1S/C11H12N2O4S/c12-8-5-7-3-1-2-4-9(7)11(6-8,10(13)14)18(15,16)17/h1-4,12H,5-6H2,(H2,13,14)(H,15,16,17). The minimum absolute atomic E-state index is 0.0464. The first-order chi connectivity index (χ1) is 8.29. The van der Waals surface area contributed by atoms with Gasteiger partial charge in [0.1, 0.15) is 0 Å². The van der Waals surface area contributed by atoms with Crippen LogP contribution in [0.2, 0.25) is 0 Å². The molecule has 1 unspecified atom stereocenters. The fraction of sp³-hybridized carbons (Fsp3) is 0.273. The number of benzene rings is 1. The molecule has 7 heteroatoms. The Bertz CT molecular complexity index is 638. The summed E-state index contributed by atoms with van der Waals surface area (Å²) in [6.45, 7) is 0. The van der Waals surface area contributed by atoms with Gasteiger partial charge in [-0.15, -0.1) is 0 Å². The Morgan fingerprint density at radius 3 is 2.56 bits per heavy atom. The number of amides is 1. The third-order valence-corrected chi connectivity index (χ3v) is 4.60. The second kappa shape index (κ2) is 3.89. The van der Waals surface area contributed by atoms with E-state index in [9.17, 15) is 17.8 Å². The van der Waals surface area contributed by atoms with Gasteiger partial charge in [0.25, 0.3) is 10.1 Å². The van der Waals surface area contributed by atoms with Crippen molar-refractivity contribution in [2.75, 3.05) is 0 Å². The maximum atomic E-state index is 11.6. The van der Waals surface area contributed by atoms with E-state index in [0.717, 1.165) is 0 Å². The molecule has 0 aromatic heterocycles. The van der Waals surface area contributed by atoms with Crippen LogP contribution < -0.4 is 5.73 Å². The highest BCUT2D eigenvalue weighted by molar-refractivity contribution is 7.87. The van der Waals surface area contributed by atoms with Crippen LogP contribution in [-0.2, 0) is 26.1 Å². The average molecular weight is 268 g/mol. The number of nitrogens with two attached hydrogens (primary N) is 1. The zero-order chi connectivity index (χ0) is 13.6. The Hall–Kier alpha value is -1.73. The van der Waals surface area contributed by atoms with Crippen LogP contribution in [0.25, 0.3) is 0 Å². The normalized spacial score (nSPS) is 23.5. The van der Waals surface area contributed by atoms with Crippen LogP contribution in [0.4, 0.5) is 0 Å². The predicted octanol–water partition coefficient (Wildman–Crippen LogP) is 0.221. The van der Waals surface area contributed by atoms with Gasteiger partial charge in [0.15, 0.2) is 0 Å². The van der Waals surface area contributed by atoms with E-state index >= 15 is 0 Å². The molecule has 18 heavy (non-hydrogen) atoms. The van der Waals surface area contributed by atoms with Crippen molar-refractivity contribution in [3.05, 3.63) is 35.4 Å². The number of carbonyl (C=O) groups is 1. The molecule has 1 atom stereocenters. The van der Waals surface area contributed by atoms with Crippen molar-refractivity contribution in [3.63, 3.8) is 0 Å². The van der Waals surface area contributed by atoms with Crippen molar-refractivity contribution in [1.82, 2.24) is 0 Å². The molecule has 1 aliphatic rings. The van der Waals surface area contributed by atoms with E-state index < -0.39 is 27.2 Å². The van der Waals surface area contributed by atoms with Gasteiger partial charge in [-0.3, -0.25) is 9.35 Å². The van der Waals surface area contributed by atoms with Crippen molar-refractivity contribution in [2.24, 2.45) is 5.73 Å². The van der Waals surface area contributed by atoms with E-state index in [-0.39, 0.29) is 17.7 Å². The lowest BCUT2D eigenvalue weighted by Gasteiger charge is -2.33. The summed E-state index contributed by atoms with van der Waals surface area (Å²) in [5, 5.41) is 7.67. The molecular weight excluding hydrogens is 256 g/mol. The second-order valence-electron chi connectivity index (χ2n) is 4.28. The molecule has 2 rings (SSSR count). The molecule has 96 valence electrons. The van der Waals surface area contributed by atoms with Gasteiger partial charge < -0.3 is 11.1 Å². The number of hydrogen-bond donors (Lipinski definition) is 3. The molecule has 0 heterocycles. The molecule has 0 radical (unpaired) electrons. The smallest absolute Gasteiger partial charge is 0.284 e. The molecule has 0 spiro atoms. The van der Waals surface area contributed by atoms with Crippen LogP contribution in [0.3, 0.4) is 0 Å². The first-order valence-corrected chi connectivity index (χ1v) is 6.64. The zero-order valence-corrected chi connectivity index (χ0v) is 10.2. The van der Waals surface area contributed by atoms with Gasteiger partial charge in [0, 0.05) is 18.6 Å². The van der Waals surface area contributed by atoms with Crippen molar-refractivity contribution >= 4 is 21.7 Å². The topological polar surface area (TPSA) is 121 Å². The van der Waals surface area contributed by atoms with Crippen LogP contribution in [0.1, 0.15) is 17.5 Å². The lowest BCUT2D eigenvalue weighted by Crippen LogP contribution is -2.51. The first-order valence-electron chi connectivity index (χ1n) is 5.20. The Morgan fingerprint density at radius 2 is 2.00 bits per heavy atom.